The van der Waals surface area contributed by atoms with E-state index in [4.69, 9.17) is 5.73 Å². The second-order valence-corrected chi connectivity index (χ2v) is 7.60. The van der Waals surface area contributed by atoms with Crippen LogP contribution in [0.2, 0.25) is 0 Å². The molecule has 0 radical (unpaired) electrons. The van der Waals surface area contributed by atoms with Crippen molar-refractivity contribution in [3.8, 4) is 0 Å². The summed E-state index contributed by atoms with van der Waals surface area (Å²) in [4.78, 5) is 2.63. The van der Waals surface area contributed by atoms with E-state index in [1.807, 2.05) is 0 Å². The number of rotatable bonds is 7. The Balaban J connectivity index is 2.70. The second-order valence-electron chi connectivity index (χ2n) is 7.60. The van der Waals surface area contributed by atoms with E-state index in [2.05, 4.69) is 39.6 Å². The smallest absolute Gasteiger partial charge is 0.0331 e. The molecule has 2 N–H and O–H groups in total. The summed E-state index contributed by atoms with van der Waals surface area (Å²) in [5.74, 6) is 1.71. The van der Waals surface area contributed by atoms with E-state index in [0.717, 1.165) is 18.4 Å². The van der Waals surface area contributed by atoms with E-state index in [-0.39, 0.29) is 5.54 Å². The predicted molar refractivity (Wildman–Crippen MR) is 89.9 cm³/mol. The molecule has 0 saturated heterocycles. The van der Waals surface area contributed by atoms with Crippen molar-refractivity contribution in [3.05, 3.63) is 0 Å². The van der Waals surface area contributed by atoms with Crippen LogP contribution in [0.4, 0.5) is 0 Å². The van der Waals surface area contributed by atoms with Gasteiger partial charge in [0.2, 0.25) is 0 Å². The molecule has 0 heterocycles. The SMILES string of the molecule is CCCC1CCCC(CN)(N(C)C(C)CC(C)C)CC1. The van der Waals surface area contributed by atoms with E-state index in [0.29, 0.717) is 6.04 Å². The molecule has 0 aromatic rings. The molecule has 3 atom stereocenters. The number of likely N-dealkylation sites (N-methyl/N-ethyl adjacent to an activating group) is 1. The van der Waals surface area contributed by atoms with Gasteiger partial charge in [-0.25, -0.2) is 0 Å². The number of hydrogen-bond donors (Lipinski definition) is 1. The van der Waals surface area contributed by atoms with Crippen LogP contribution in [-0.4, -0.2) is 30.1 Å². The number of hydrogen-bond acceptors (Lipinski definition) is 2. The van der Waals surface area contributed by atoms with Crippen molar-refractivity contribution in [2.45, 2.75) is 90.6 Å². The average molecular weight is 283 g/mol. The van der Waals surface area contributed by atoms with Crippen LogP contribution >= 0.6 is 0 Å². The van der Waals surface area contributed by atoms with Gasteiger partial charge < -0.3 is 5.73 Å². The van der Waals surface area contributed by atoms with Crippen LogP contribution in [0.1, 0.15) is 79.1 Å². The molecule has 1 rings (SSSR count). The van der Waals surface area contributed by atoms with Crippen molar-refractivity contribution >= 4 is 0 Å². The average Bonchev–Trinajstić information content (AvgIpc) is 2.61. The first-order chi connectivity index (χ1) is 9.45. The predicted octanol–water partition coefficient (Wildman–Crippen LogP) is 4.43. The maximum Gasteiger partial charge on any atom is 0.0331 e. The lowest BCUT2D eigenvalue weighted by molar-refractivity contribution is 0.0595. The summed E-state index contributed by atoms with van der Waals surface area (Å²) < 4.78 is 0. The molecule has 1 saturated carbocycles. The molecule has 0 aliphatic heterocycles. The Hall–Kier alpha value is -0.0800. The van der Waals surface area contributed by atoms with E-state index in [9.17, 15) is 0 Å². The summed E-state index contributed by atoms with van der Waals surface area (Å²) in [6.45, 7) is 10.2. The fourth-order valence-corrected chi connectivity index (χ4v) is 4.17. The van der Waals surface area contributed by atoms with Crippen molar-refractivity contribution in [2.24, 2.45) is 17.6 Å². The third-order valence-corrected chi connectivity index (χ3v) is 5.57. The van der Waals surface area contributed by atoms with Gasteiger partial charge >= 0.3 is 0 Å². The van der Waals surface area contributed by atoms with Gasteiger partial charge in [0.05, 0.1) is 0 Å². The molecule has 2 nitrogen and oxygen atoms in total. The van der Waals surface area contributed by atoms with Gasteiger partial charge in [-0.3, -0.25) is 4.90 Å². The molecule has 1 fully saturated rings. The van der Waals surface area contributed by atoms with Gasteiger partial charge in [0.15, 0.2) is 0 Å². The fraction of sp³-hybridized carbons (Fsp3) is 1.00. The maximum atomic E-state index is 6.25. The van der Waals surface area contributed by atoms with Crippen LogP contribution in [0.5, 0.6) is 0 Å². The van der Waals surface area contributed by atoms with E-state index in [1.165, 1.54) is 51.4 Å². The lowest BCUT2D eigenvalue weighted by atomic mass is 9.85. The molecule has 0 amide bonds. The van der Waals surface area contributed by atoms with E-state index < -0.39 is 0 Å². The van der Waals surface area contributed by atoms with Gasteiger partial charge in [-0.15, -0.1) is 0 Å². The Morgan fingerprint density at radius 1 is 1.20 bits per heavy atom. The van der Waals surface area contributed by atoms with Crippen molar-refractivity contribution in [1.82, 2.24) is 4.90 Å². The summed E-state index contributed by atoms with van der Waals surface area (Å²) in [6, 6.07) is 0.640. The molecular formula is C18H38N2. The summed E-state index contributed by atoms with van der Waals surface area (Å²) in [6.07, 6.45) is 10.8. The third kappa shape index (κ3) is 4.73. The Morgan fingerprint density at radius 3 is 2.45 bits per heavy atom. The summed E-state index contributed by atoms with van der Waals surface area (Å²) >= 11 is 0. The summed E-state index contributed by atoms with van der Waals surface area (Å²) in [5.41, 5.74) is 6.52. The normalized spacial score (nSPS) is 29.7. The molecule has 0 bridgehead atoms. The second kappa shape index (κ2) is 8.38. The van der Waals surface area contributed by atoms with E-state index >= 15 is 0 Å². The van der Waals surface area contributed by atoms with Crippen LogP contribution in [0.15, 0.2) is 0 Å². The van der Waals surface area contributed by atoms with Gasteiger partial charge in [-0.05, 0) is 51.5 Å². The minimum Gasteiger partial charge on any atom is -0.329 e. The quantitative estimate of drug-likeness (QED) is 0.700. The van der Waals surface area contributed by atoms with Crippen molar-refractivity contribution in [3.63, 3.8) is 0 Å². The highest BCUT2D eigenvalue weighted by atomic mass is 15.2. The minimum atomic E-state index is 0.261. The van der Waals surface area contributed by atoms with Crippen molar-refractivity contribution in [2.75, 3.05) is 13.6 Å². The molecule has 3 unspecified atom stereocenters. The molecular weight excluding hydrogens is 244 g/mol. The van der Waals surface area contributed by atoms with Gasteiger partial charge in [0, 0.05) is 18.1 Å². The summed E-state index contributed by atoms with van der Waals surface area (Å²) in [5, 5.41) is 0. The first-order valence-electron chi connectivity index (χ1n) is 8.88. The largest absolute Gasteiger partial charge is 0.329 e. The van der Waals surface area contributed by atoms with E-state index in [1.54, 1.807) is 0 Å². The third-order valence-electron chi connectivity index (χ3n) is 5.57. The van der Waals surface area contributed by atoms with Crippen LogP contribution in [0, 0.1) is 11.8 Å². The number of nitrogens with zero attached hydrogens (tertiary/aromatic N) is 1. The molecule has 0 spiro atoms. The van der Waals surface area contributed by atoms with Gasteiger partial charge in [0.1, 0.15) is 0 Å². The van der Waals surface area contributed by atoms with Gasteiger partial charge in [-0.2, -0.15) is 0 Å². The topological polar surface area (TPSA) is 29.3 Å². The zero-order valence-electron chi connectivity index (χ0n) is 14.6. The first kappa shape index (κ1) is 18.0. The van der Waals surface area contributed by atoms with Crippen LogP contribution in [0.3, 0.4) is 0 Å². The lowest BCUT2D eigenvalue weighted by Gasteiger charge is -2.45. The highest BCUT2D eigenvalue weighted by molar-refractivity contribution is 4.95. The van der Waals surface area contributed by atoms with Crippen LogP contribution in [-0.2, 0) is 0 Å². The fourth-order valence-electron chi connectivity index (χ4n) is 4.17. The summed E-state index contributed by atoms with van der Waals surface area (Å²) in [7, 11) is 2.32. The Morgan fingerprint density at radius 2 is 1.90 bits per heavy atom. The monoisotopic (exact) mass is 282 g/mol. The van der Waals surface area contributed by atoms with Crippen molar-refractivity contribution < 1.29 is 0 Å². The molecule has 1 aliphatic rings. The number of nitrogens with two attached hydrogens (primary N) is 1. The van der Waals surface area contributed by atoms with Crippen LogP contribution in [0.25, 0.3) is 0 Å². The van der Waals surface area contributed by atoms with Crippen molar-refractivity contribution in [1.29, 1.82) is 0 Å². The standard InChI is InChI=1S/C18H38N2/c1-6-8-17-9-7-11-18(14-19,12-10-17)20(5)16(4)13-15(2)3/h15-17H,6-14,19H2,1-5H3. The minimum absolute atomic E-state index is 0.261. The van der Waals surface area contributed by atoms with Gasteiger partial charge in [-0.1, -0.05) is 46.5 Å². The molecule has 0 aromatic carbocycles. The van der Waals surface area contributed by atoms with Gasteiger partial charge in [0.25, 0.3) is 0 Å². The molecule has 20 heavy (non-hydrogen) atoms. The Kier molecular flexibility index (Phi) is 7.53. The zero-order chi connectivity index (χ0) is 15.2. The Bertz CT molecular complexity index is 264. The molecule has 0 aromatic heterocycles. The maximum absolute atomic E-state index is 6.25. The first-order valence-corrected chi connectivity index (χ1v) is 8.88. The zero-order valence-corrected chi connectivity index (χ0v) is 14.6. The lowest BCUT2D eigenvalue weighted by Crippen LogP contribution is -2.55. The highest BCUT2D eigenvalue weighted by Gasteiger charge is 2.37. The molecule has 2 heteroatoms. The van der Waals surface area contributed by atoms with Crippen LogP contribution < -0.4 is 5.73 Å². The highest BCUT2D eigenvalue weighted by Crippen LogP contribution is 2.36. The Labute approximate surface area is 127 Å². The molecule has 120 valence electrons. The molecule has 1 aliphatic carbocycles.